The standard InChI is InChI=1S/C33H31Cl2FN2O5/c1-33-23(30(41)38(32(33)43)18-8-11-25(36)24(35)14-18)15-21-19(28(33)22-13-16(34)7-12-26(22)39)9-10-20-27(21)31(42)37(29(20)40)17-5-3-2-4-6-17/h7-9,11-14,17,20-21,23,27-28,39H,2-6,10,15H2,1H3/t20-,21+,23-,27-,28+,33+/m0/s1. The fourth-order valence-corrected chi connectivity index (χ4v) is 9.06. The van der Waals surface area contributed by atoms with Gasteiger partial charge in [0.05, 0.1) is 33.9 Å². The Bertz CT molecular complexity index is 1620. The molecule has 2 heterocycles. The summed E-state index contributed by atoms with van der Waals surface area (Å²) >= 11 is 12.5. The van der Waals surface area contributed by atoms with Crippen LogP contribution in [0.15, 0.2) is 48.0 Å². The first kappa shape index (κ1) is 28.5. The number of phenols is 1. The zero-order valence-corrected chi connectivity index (χ0v) is 25.1. The summed E-state index contributed by atoms with van der Waals surface area (Å²) in [7, 11) is 0. The second-order valence-electron chi connectivity index (χ2n) is 12.8. The molecule has 0 bridgehead atoms. The largest absolute Gasteiger partial charge is 0.508 e. The first-order valence-corrected chi connectivity index (χ1v) is 15.7. The summed E-state index contributed by atoms with van der Waals surface area (Å²) in [6, 6.07) is 8.19. The molecule has 2 saturated heterocycles. The molecule has 43 heavy (non-hydrogen) atoms. The number of carbonyl (C=O) groups excluding carboxylic acids is 4. The van der Waals surface area contributed by atoms with E-state index in [-0.39, 0.29) is 40.7 Å². The molecule has 7 nitrogen and oxygen atoms in total. The van der Waals surface area contributed by atoms with Crippen LogP contribution in [-0.2, 0) is 19.2 Å². The number of rotatable bonds is 3. The SMILES string of the molecule is C[C@@]12C(=O)N(c3ccc(F)c(Cl)c3)C(=O)[C@@H]1C[C@@H]1C(=CC[C@@H]3C(=O)N(C4CCCCC4)C(=O)[C@@H]31)[C@@H]2c1cc(Cl)ccc1O. The van der Waals surface area contributed by atoms with E-state index in [1.807, 2.05) is 6.08 Å². The van der Waals surface area contributed by atoms with Gasteiger partial charge in [-0.05, 0) is 74.9 Å². The zero-order valence-electron chi connectivity index (χ0n) is 23.6. The lowest BCUT2D eigenvalue weighted by Crippen LogP contribution is -2.49. The van der Waals surface area contributed by atoms with E-state index >= 15 is 0 Å². The van der Waals surface area contributed by atoms with Crippen LogP contribution in [-0.4, -0.2) is 39.7 Å². The minimum Gasteiger partial charge on any atom is -0.508 e. The molecule has 4 fully saturated rings. The van der Waals surface area contributed by atoms with Crippen LogP contribution in [0.25, 0.3) is 0 Å². The van der Waals surface area contributed by atoms with E-state index in [1.54, 1.807) is 19.1 Å². The molecule has 0 spiro atoms. The van der Waals surface area contributed by atoms with E-state index in [0.717, 1.165) is 48.6 Å². The Labute approximate surface area is 258 Å². The van der Waals surface area contributed by atoms with Crippen molar-refractivity contribution in [3.05, 3.63) is 69.5 Å². The Balaban J connectivity index is 1.36. The van der Waals surface area contributed by atoms with Crippen LogP contribution in [0.3, 0.4) is 0 Å². The minimum absolute atomic E-state index is 0.0840. The minimum atomic E-state index is -1.36. The Morgan fingerprint density at radius 1 is 0.930 bits per heavy atom. The van der Waals surface area contributed by atoms with Gasteiger partial charge in [-0.2, -0.15) is 0 Å². The third-order valence-corrected chi connectivity index (χ3v) is 11.2. The fraction of sp³-hybridized carbons (Fsp3) is 0.455. The average molecular weight is 626 g/mol. The van der Waals surface area contributed by atoms with E-state index in [9.17, 15) is 28.7 Å². The molecule has 2 aliphatic heterocycles. The number of fused-ring (bicyclic) bond motifs is 4. The average Bonchev–Trinajstić information content (AvgIpc) is 3.36. The summed E-state index contributed by atoms with van der Waals surface area (Å²) in [5.74, 6) is -5.43. The number of aromatic hydroxyl groups is 1. The molecular formula is C33H31Cl2FN2O5. The van der Waals surface area contributed by atoms with Gasteiger partial charge in [0, 0.05) is 22.5 Å². The van der Waals surface area contributed by atoms with Crippen molar-refractivity contribution in [1.29, 1.82) is 0 Å². The second kappa shape index (κ2) is 10.2. The highest BCUT2D eigenvalue weighted by molar-refractivity contribution is 6.32. The molecule has 5 aliphatic rings. The molecule has 6 atom stereocenters. The van der Waals surface area contributed by atoms with Gasteiger partial charge in [-0.3, -0.25) is 24.1 Å². The fourth-order valence-electron chi connectivity index (χ4n) is 8.71. The monoisotopic (exact) mass is 624 g/mol. The van der Waals surface area contributed by atoms with Crippen LogP contribution in [0, 0.1) is 34.9 Å². The Morgan fingerprint density at radius 2 is 1.67 bits per heavy atom. The summed E-state index contributed by atoms with van der Waals surface area (Å²) in [6.07, 6.45) is 7.10. The number of hydrogen-bond donors (Lipinski definition) is 1. The molecule has 3 aliphatic carbocycles. The van der Waals surface area contributed by atoms with Gasteiger partial charge in [0.1, 0.15) is 11.6 Å². The topological polar surface area (TPSA) is 95.0 Å². The molecule has 0 unspecified atom stereocenters. The Morgan fingerprint density at radius 3 is 2.40 bits per heavy atom. The lowest BCUT2D eigenvalue weighted by molar-refractivity contribution is -0.144. The maximum Gasteiger partial charge on any atom is 0.241 e. The van der Waals surface area contributed by atoms with Gasteiger partial charge < -0.3 is 5.11 Å². The molecule has 4 amide bonds. The number of anilines is 1. The van der Waals surface area contributed by atoms with Gasteiger partial charge >= 0.3 is 0 Å². The molecular weight excluding hydrogens is 594 g/mol. The van der Waals surface area contributed by atoms with Crippen molar-refractivity contribution >= 4 is 52.5 Å². The molecule has 10 heteroatoms. The number of benzene rings is 2. The van der Waals surface area contributed by atoms with Crippen molar-refractivity contribution in [3.8, 4) is 5.75 Å². The number of amides is 4. The summed E-state index contributed by atoms with van der Waals surface area (Å²) in [5, 5.41) is 11.2. The van der Waals surface area contributed by atoms with Crippen molar-refractivity contribution in [2.45, 2.75) is 63.8 Å². The van der Waals surface area contributed by atoms with Crippen molar-refractivity contribution in [3.63, 3.8) is 0 Å². The molecule has 224 valence electrons. The van der Waals surface area contributed by atoms with Crippen LogP contribution < -0.4 is 4.90 Å². The second-order valence-corrected chi connectivity index (χ2v) is 13.6. The number of allylic oxidation sites excluding steroid dienone is 2. The first-order valence-electron chi connectivity index (χ1n) is 14.9. The number of carbonyl (C=O) groups is 4. The molecule has 0 aromatic heterocycles. The van der Waals surface area contributed by atoms with Crippen LogP contribution in [0.2, 0.25) is 10.0 Å². The lowest BCUT2D eigenvalue weighted by atomic mass is 9.51. The van der Waals surface area contributed by atoms with E-state index in [4.69, 9.17) is 23.2 Å². The molecule has 2 saturated carbocycles. The highest BCUT2D eigenvalue weighted by Gasteiger charge is 2.68. The zero-order chi connectivity index (χ0) is 30.4. The Hall–Kier alpha value is -3.23. The summed E-state index contributed by atoms with van der Waals surface area (Å²) in [4.78, 5) is 59.0. The van der Waals surface area contributed by atoms with Gasteiger partial charge in [-0.15, -0.1) is 0 Å². The molecule has 2 aromatic rings. The number of likely N-dealkylation sites (tertiary alicyclic amines) is 1. The van der Waals surface area contributed by atoms with Crippen molar-refractivity contribution in [1.82, 2.24) is 4.90 Å². The number of phenolic OH excluding ortho intramolecular Hbond substituents is 1. The van der Waals surface area contributed by atoms with E-state index in [0.29, 0.717) is 17.0 Å². The van der Waals surface area contributed by atoms with E-state index < -0.39 is 52.6 Å². The van der Waals surface area contributed by atoms with Crippen LogP contribution in [0.5, 0.6) is 5.75 Å². The molecule has 2 aromatic carbocycles. The van der Waals surface area contributed by atoms with Gasteiger partial charge in [0.15, 0.2) is 0 Å². The highest BCUT2D eigenvalue weighted by atomic mass is 35.5. The van der Waals surface area contributed by atoms with Crippen LogP contribution in [0.1, 0.15) is 63.4 Å². The quantitative estimate of drug-likeness (QED) is 0.315. The van der Waals surface area contributed by atoms with Gasteiger partial charge in [0.2, 0.25) is 23.6 Å². The molecule has 1 N–H and O–H groups in total. The summed E-state index contributed by atoms with van der Waals surface area (Å²) in [5.41, 5.74) is -0.0550. The van der Waals surface area contributed by atoms with E-state index in [1.165, 1.54) is 23.1 Å². The summed E-state index contributed by atoms with van der Waals surface area (Å²) < 4.78 is 14.0. The van der Waals surface area contributed by atoms with Crippen LogP contribution >= 0.6 is 23.2 Å². The predicted molar refractivity (Wildman–Crippen MR) is 158 cm³/mol. The number of imide groups is 2. The van der Waals surface area contributed by atoms with Gasteiger partial charge in [-0.1, -0.05) is 54.1 Å². The lowest BCUT2D eigenvalue weighted by Gasteiger charge is -2.49. The first-order chi connectivity index (χ1) is 20.5. The van der Waals surface area contributed by atoms with Gasteiger partial charge in [-0.25, -0.2) is 9.29 Å². The van der Waals surface area contributed by atoms with Crippen molar-refractivity contribution in [2.24, 2.45) is 29.1 Å². The number of nitrogens with zero attached hydrogens (tertiary/aromatic N) is 2. The maximum absolute atomic E-state index is 14.4. The predicted octanol–water partition coefficient (Wildman–Crippen LogP) is 6.40. The highest BCUT2D eigenvalue weighted by Crippen LogP contribution is 2.64. The molecule has 0 radical (unpaired) electrons. The van der Waals surface area contributed by atoms with Crippen LogP contribution in [0.4, 0.5) is 10.1 Å². The molecule has 7 rings (SSSR count). The number of halogens is 3. The van der Waals surface area contributed by atoms with Gasteiger partial charge in [0.25, 0.3) is 0 Å². The van der Waals surface area contributed by atoms with Crippen molar-refractivity contribution < 1.29 is 28.7 Å². The normalized spacial score (nSPS) is 32.6. The third-order valence-electron chi connectivity index (χ3n) is 10.7. The smallest absolute Gasteiger partial charge is 0.241 e. The maximum atomic E-state index is 14.4. The van der Waals surface area contributed by atoms with E-state index in [2.05, 4.69) is 0 Å². The number of hydrogen-bond acceptors (Lipinski definition) is 5. The summed E-state index contributed by atoms with van der Waals surface area (Å²) in [6.45, 7) is 1.72. The van der Waals surface area contributed by atoms with Crippen molar-refractivity contribution in [2.75, 3.05) is 4.90 Å². The third kappa shape index (κ3) is 4.05. The Kier molecular flexibility index (Phi) is 6.74.